The van der Waals surface area contributed by atoms with Gasteiger partial charge in [0.25, 0.3) is 5.91 Å². The molecule has 3 rings (SSSR count). The molecule has 0 fully saturated rings. The average molecular weight is 318 g/mol. The van der Waals surface area contributed by atoms with E-state index in [1.54, 1.807) is 13.1 Å². The highest BCUT2D eigenvalue weighted by atomic mass is 16.5. The molecule has 0 radical (unpaired) electrons. The molecule has 0 heterocycles. The number of hydrogen-bond donors (Lipinski definition) is 1. The van der Waals surface area contributed by atoms with Gasteiger partial charge in [0.1, 0.15) is 5.75 Å². The summed E-state index contributed by atoms with van der Waals surface area (Å²) in [5, 5.41) is 6.01. The molecule has 0 spiro atoms. The predicted molar refractivity (Wildman–Crippen MR) is 96.2 cm³/mol. The number of amides is 1. The summed E-state index contributed by atoms with van der Waals surface area (Å²) in [6.45, 7) is 1.70. The van der Waals surface area contributed by atoms with Crippen molar-refractivity contribution in [2.24, 2.45) is 5.10 Å². The molecule has 4 nitrogen and oxygen atoms in total. The number of nitrogens with zero attached hydrogens (tertiary/aromatic N) is 1. The standard InChI is InChI=1S/C20H18N2O2/c1-15(20(23)22-21-14-16-8-3-2-4-9-16)24-19-13-7-11-17-10-5-6-12-18(17)19/h2-15H,1H3,(H,22,23)/b21-14-/t15-/m0/s1. The molecule has 0 aliphatic carbocycles. The van der Waals surface area contributed by atoms with E-state index < -0.39 is 6.10 Å². The van der Waals surface area contributed by atoms with E-state index in [0.29, 0.717) is 5.75 Å². The van der Waals surface area contributed by atoms with Crippen LogP contribution in [-0.4, -0.2) is 18.2 Å². The van der Waals surface area contributed by atoms with Gasteiger partial charge in [0.05, 0.1) is 6.21 Å². The van der Waals surface area contributed by atoms with Crippen LogP contribution in [0.3, 0.4) is 0 Å². The lowest BCUT2D eigenvalue weighted by atomic mass is 10.1. The van der Waals surface area contributed by atoms with Crippen LogP contribution in [0, 0.1) is 0 Å². The number of hydrazone groups is 1. The van der Waals surface area contributed by atoms with E-state index >= 15 is 0 Å². The number of carbonyl (C=O) groups is 1. The first kappa shape index (κ1) is 15.7. The zero-order valence-electron chi connectivity index (χ0n) is 13.3. The van der Waals surface area contributed by atoms with Crippen molar-refractivity contribution in [3.8, 4) is 5.75 Å². The van der Waals surface area contributed by atoms with Gasteiger partial charge in [0.2, 0.25) is 0 Å². The molecule has 1 amide bonds. The number of nitrogens with one attached hydrogen (secondary N) is 1. The van der Waals surface area contributed by atoms with E-state index in [1.807, 2.05) is 72.8 Å². The van der Waals surface area contributed by atoms with Crippen molar-refractivity contribution in [3.63, 3.8) is 0 Å². The minimum Gasteiger partial charge on any atom is -0.480 e. The van der Waals surface area contributed by atoms with E-state index in [-0.39, 0.29) is 5.91 Å². The lowest BCUT2D eigenvalue weighted by Crippen LogP contribution is -2.33. The number of fused-ring (bicyclic) bond motifs is 1. The number of hydrogen-bond acceptors (Lipinski definition) is 3. The summed E-state index contributed by atoms with van der Waals surface area (Å²) in [6.07, 6.45) is 0.950. The summed E-state index contributed by atoms with van der Waals surface area (Å²) in [6, 6.07) is 23.3. The normalized spacial score (nSPS) is 12.2. The monoisotopic (exact) mass is 318 g/mol. The molecule has 24 heavy (non-hydrogen) atoms. The van der Waals surface area contributed by atoms with Crippen molar-refractivity contribution in [1.29, 1.82) is 0 Å². The van der Waals surface area contributed by atoms with Crippen molar-refractivity contribution in [2.45, 2.75) is 13.0 Å². The average Bonchev–Trinajstić information content (AvgIpc) is 2.63. The van der Waals surface area contributed by atoms with Crippen LogP contribution in [0.5, 0.6) is 5.75 Å². The van der Waals surface area contributed by atoms with E-state index in [4.69, 9.17) is 4.74 Å². The van der Waals surface area contributed by atoms with E-state index in [9.17, 15) is 4.79 Å². The number of carbonyl (C=O) groups excluding carboxylic acids is 1. The molecule has 1 N–H and O–H groups in total. The smallest absolute Gasteiger partial charge is 0.280 e. The zero-order chi connectivity index (χ0) is 16.8. The van der Waals surface area contributed by atoms with E-state index in [1.165, 1.54) is 0 Å². The molecule has 0 saturated heterocycles. The van der Waals surface area contributed by atoms with Gasteiger partial charge < -0.3 is 4.74 Å². The molecule has 120 valence electrons. The van der Waals surface area contributed by atoms with E-state index in [0.717, 1.165) is 16.3 Å². The van der Waals surface area contributed by atoms with E-state index in [2.05, 4.69) is 10.5 Å². The van der Waals surface area contributed by atoms with Gasteiger partial charge in [-0.25, -0.2) is 5.43 Å². The van der Waals surface area contributed by atoms with Crippen molar-refractivity contribution in [3.05, 3.63) is 78.4 Å². The molecule has 0 saturated carbocycles. The van der Waals surface area contributed by atoms with Gasteiger partial charge in [0.15, 0.2) is 6.10 Å². The lowest BCUT2D eigenvalue weighted by molar-refractivity contribution is -0.127. The van der Waals surface area contributed by atoms with Crippen LogP contribution in [0.4, 0.5) is 0 Å². The van der Waals surface area contributed by atoms with Gasteiger partial charge in [-0.1, -0.05) is 66.7 Å². The molecule has 0 aliphatic heterocycles. The van der Waals surface area contributed by atoms with Crippen LogP contribution in [-0.2, 0) is 4.79 Å². The van der Waals surface area contributed by atoms with Gasteiger partial charge in [-0.15, -0.1) is 0 Å². The van der Waals surface area contributed by atoms with Crippen molar-refractivity contribution >= 4 is 22.9 Å². The molecule has 0 bridgehead atoms. The Hall–Kier alpha value is -3.14. The van der Waals surface area contributed by atoms with Crippen molar-refractivity contribution in [2.75, 3.05) is 0 Å². The molecule has 0 aromatic heterocycles. The minimum atomic E-state index is -0.649. The van der Waals surface area contributed by atoms with Crippen LogP contribution in [0.25, 0.3) is 10.8 Å². The second kappa shape index (κ2) is 7.42. The van der Waals surface area contributed by atoms with Gasteiger partial charge in [0, 0.05) is 5.39 Å². The number of rotatable bonds is 5. The maximum atomic E-state index is 12.1. The summed E-state index contributed by atoms with van der Waals surface area (Å²) < 4.78 is 5.81. The molecule has 4 heteroatoms. The maximum absolute atomic E-state index is 12.1. The van der Waals surface area contributed by atoms with Crippen LogP contribution >= 0.6 is 0 Å². The third-order valence-electron chi connectivity index (χ3n) is 3.61. The minimum absolute atomic E-state index is 0.296. The van der Waals surface area contributed by atoms with Crippen molar-refractivity contribution < 1.29 is 9.53 Å². The summed E-state index contributed by atoms with van der Waals surface area (Å²) in [5.41, 5.74) is 3.42. The molecule has 0 aliphatic rings. The predicted octanol–water partition coefficient (Wildman–Crippen LogP) is 3.76. The first-order chi connectivity index (χ1) is 11.7. The number of benzene rings is 3. The topological polar surface area (TPSA) is 50.7 Å². The Morgan fingerprint density at radius 3 is 2.54 bits per heavy atom. The summed E-state index contributed by atoms with van der Waals surface area (Å²) in [4.78, 5) is 12.1. The Balaban J connectivity index is 1.64. The second-order valence-corrected chi connectivity index (χ2v) is 5.38. The largest absolute Gasteiger partial charge is 0.480 e. The summed E-state index contributed by atoms with van der Waals surface area (Å²) in [5.74, 6) is 0.387. The highest BCUT2D eigenvalue weighted by Crippen LogP contribution is 2.25. The Kier molecular flexibility index (Phi) is 4.87. The first-order valence-corrected chi connectivity index (χ1v) is 7.76. The summed E-state index contributed by atoms with van der Waals surface area (Å²) >= 11 is 0. The van der Waals surface area contributed by atoms with Crippen molar-refractivity contribution in [1.82, 2.24) is 5.43 Å². The fourth-order valence-corrected chi connectivity index (χ4v) is 2.34. The SMILES string of the molecule is C[C@H](Oc1cccc2ccccc12)C(=O)N/N=C\c1ccccc1. The lowest BCUT2D eigenvalue weighted by Gasteiger charge is -2.14. The van der Waals surface area contributed by atoms with Crippen LogP contribution in [0.2, 0.25) is 0 Å². The third-order valence-corrected chi connectivity index (χ3v) is 3.61. The van der Waals surface area contributed by atoms with Gasteiger partial charge >= 0.3 is 0 Å². The molecular formula is C20H18N2O2. The Morgan fingerprint density at radius 1 is 1.00 bits per heavy atom. The first-order valence-electron chi connectivity index (χ1n) is 7.76. The third kappa shape index (κ3) is 3.79. The summed E-state index contributed by atoms with van der Waals surface area (Å²) in [7, 11) is 0. The maximum Gasteiger partial charge on any atom is 0.280 e. The highest BCUT2D eigenvalue weighted by Gasteiger charge is 2.15. The highest BCUT2D eigenvalue weighted by molar-refractivity contribution is 5.89. The Labute approximate surface area is 140 Å². The molecule has 1 atom stereocenters. The molecular weight excluding hydrogens is 300 g/mol. The molecule has 3 aromatic carbocycles. The molecule has 0 unspecified atom stereocenters. The second-order valence-electron chi connectivity index (χ2n) is 5.38. The zero-order valence-corrected chi connectivity index (χ0v) is 13.3. The molecule has 3 aromatic rings. The fraction of sp³-hybridized carbons (Fsp3) is 0.100. The van der Waals surface area contributed by atoms with Crippen LogP contribution in [0.1, 0.15) is 12.5 Å². The van der Waals surface area contributed by atoms with Crippen LogP contribution < -0.4 is 10.2 Å². The Morgan fingerprint density at radius 2 is 1.71 bits per heavy atom. The quantitative estimate of drug-likeness (QED) is 0.575. The van der Waals surface area contributed by atoms with Gasteiger partial charge in [-0.05, 0) is 23.9 Å². The van der Waals surface area contributed by atoms with Gasteiger partial charge in [-0.3, -0.25) is 4.79 Å². The van der Waals surface area contributed by atoms with Crippen LogP contribution in [0.15, 0.2) is 77.9 Å². The van der Waals surface area contributed by atoms with Gasteiger partial charge in [-0.2, -0.15) is 5.10 Å². The fourth-order valence-electron chi connectivity index (χ4n) is 2.34. The Bertz CT molecular complexity index is 854. The number of ether oxygens (including phenoxy) is 1.